The Morgan fingerprint density at radius 3 is 2.94 bits per heavy atom. The topological polar surface area (TPSA) is 46.3 Å². The third-order valence-electron chi connectivity index (χ3n) is 3.39. The van der Waals surface area contributed by atoms with Gasteiger partial charge in [0.1, 0.15) is 0 Å². The Hall–Kier alpha value is -1.35. The van der Waals surface area contributed by atoms with Gasteiger partial charge in [-0.05, 0) is 23.6 Å². The van der Waals surface area contributed by atoms with Crippen molar-refractivity contribution >= 4 is 11.5 Å². The van der Waals surface area contributed by atoms with Gasteiger partial charge in [0.15, 0.2) is 5.78 Å². The van der Waals surface area contributed by atoms with E-state index in [1.54, 1.807) is 0 Å². The largest absolute Gasteiger partial charge is 0.364 e. The minimum absolute atomic E-state index is 0.0629. The molecule has 1 aliphatic rings. The lowest BCUT2D eigenvalue weighted by Gasteiger charge is -2.20. The first-order valence-electron chi connectivity index (χ1n) is 5.74. The fourth-order valence-corrected chi connectivity index (χ4v) is 2.35. The molecule has 0 saturated heterocycles. The SMILES string of the molecule is CCc1ccc2c(c1)CC(C(=O)CN)N2C. The van der Waals surface area contributed by atoms with E-state index in [-0.39, 0.29) is 18.4 Å². The molecular weight excluding hydrogens is 200 g/mol. The molecule has 0 bridgehead atoms. The van der Waals surface area contributed by atoms with E-state index in [1.807, 2.05) is 11.9 Å². The van der Waals surface area contributed by atoms with Crippen molar-refractivity contribution in [1.29, 1.82) is 0 Å². The van der Waals surface area contributed by atoms with Gasteiger partial charge in [0.25, 0.3) is 0 Å². The van der Waals surface area contributed by atoms with Crippen molar-refractivity contribution in [2.24, 2.45) is 5.73 Å². The number of nitrogens with two attached hydrogens (primary N) is 1. The van der Waals surface area contributed by atoms with Crippen LogP contribution in [0.1, 0.15) is 18.1 Å². The number of Topliss-reactive ketones (excluding diaryl/α,β-unsaturated/α-hetero) is 1. The molecule has 0 radical (unpaired) electrons. The molecule has 1 unspecified atom stereocenters. The second-order valence-corrected chi connectivity index (χ2v) is 4.32. The van der Waals surface area contributed by atoms with Crippen LogP contribution in [0.25, 0.3) is 0 Å². The number of carbonyl (C=O) groups excluding carboxylic acids is 1. The lowest BCUT2D eigenvalue weighted by atomic mass is 10.0. The molecule has 1 atom stereocenters. The van der Waals surface area contributed by atoms with Gasteiger partial charge in [-0.1, -0.05) is 19.1 Å². The van der Waals surface area contributed by atoms with Crippen LogP contribution in [0.2, 0.25) is 0 Å². The molecule has 1 heterocycles. The van der Waals surface area contributed by atoms with Crippen LogP contribution in [-0.2, 0) is 17.6 Å². The van der Waals surface area contributed by atoms with Gasteiger partial charge in [0.05, 0.1) is 12.6 Å². The van der Waals surface area contributed by atoms with Crippen molar-refractivity contribution in [3.05, 3.63) is 29.3 Å². The predicted octanol–water partition coefficient (Wildman–Crippen LogP) is 1.14. The first kappa shape index (κ1) is 11.1. The summed E-state index contributed by atoms with van der Waals surface area (Å²) < 4.78 is 0. The maximum Gasteiger partial charge on any atom is 0.169 e. The summed E-state index contributed by atoms with van der Waals surface area (Å²) in [6.07, 6.45) is 1.84. The number of ketones is 1. The van der Waals surface area contributed by atoms with E-state index >= 15 is 0 Å². The number of benzene rings is 1. The number of nitrogens with zero attached hydrogens (tertiary/aromatic N) is 1. The lowest BCUT2D eigenvalue weighted by molar-refractivity contribution is -0.118. The maximum atomic E-state index is 11.7. The Labute approximate surface area is 96.2 Å². The van der Waals surface area contributed by atoms with Crippen molar-refractivity contribution in [2.45, 2.75) is 25.8 Å². The molecule has 86 valence electrons. The van der Waals surface area contributed by atoms with Crippen molar-refractivity contribution in [1.82, 2.24) is 0 Å². The Morgan fingerprint density at radius 1 is 1.56 bits per heavy atom. The molecule has 0 saturated carbocycles. The summed E-state index contributed by atoms with van der Waals surface area (Å²) in [6.45, 7) is 2.27. The highest BCUT2D eigenvalue weighted by Crippen LogP contribution is 2.31. The molecule has 0 spiro atoms. The van der Waals surface area contributed by atoms with Crippen molar-refractivity contribution in [3.63, 3.8) is 0 Å². The summed E-state index contributed by atoms with van der Waals surface area (Å²) >= 11 is 0. The molecule has 16 heavy (non-hydrogen) atoms. The molecule has 0 aliphatic carbocycles. The molecular formula is C13H18N2O. The predicted molar refractivity (Wildman–Crippen MR) is 65.8 cm³/mol. The summed E-state index contributed by atoms with van der Waals surface area (Å²) in [6, 6.07) is 6.38. The van der Waals surface area contributed by atoms with Gasteiger partial charge in [-0.2, -0.15) is 0 Å². The van der Waals surface area contributed by atoms with E-state index in [0.29, 0.717) is 0 Å². The van der Waals surface area contributed by atoms with E-state index < -0.39 is 0 Å². The maximum absolute atomic E-state index is 11.7. The molecule has 0 amide bonds. The van der Waals surface area contributed by atoms with Gasteiger partial charge in [0, 0.05) is 19.2 Å². The van der Waals surface area contributed by atoms with Gasteiger partial charge in [-0.15, -0.1) is 0 Å². The van der Waals surface area contributed by atoms with Crippen LogP contribution in [0.5, 0.6) is 0 Å². The summed E-state index contributed by atoms with van der Waals surface area (Å²) in [5.41, 5.74) is 9.20. The van der Waals surface area contributed by atoms with Crippen LogP contribution in [0.3, 0.4) is 0 Å². The van der Waals surface area contributed by atoms with Crippen LogP contribution in [0.4, 0.5) is 5.69 Å². The molecule has 2 N–H and O–H groups in total. The first-order valence-corrected chi connectivity index (χ1v) is 5.74. The summed E-state index contributed by atoms with van der Waals surface area (Å²) in [5.74, 6) is 0.122. The third-order valence-corrected chi connectivity index (χ3v) is 3.39. The Morgan fingerprint density at radius 2 is 2.31 bits per heavy atom. The minimum Gasteiger partial charge on any atom is -0.364 e. The number of aryl methyl sites for hydroxylation is 1. The quantitative estimate of drug-likeness (QED) is 0.827. The summed E-state index contributed by atoms with van der Waals surface area (Å²) in [4.78, 5) is 13.7. The molecule has 0 aromatic heterocycles. The average molecular weight is 218 g/mol. The van der Waals surface area contributed by atoms with Gasteiger partial charge in [-0.25, -0.2) is 0 Å². The lowest BCUT2D eigenvalue weighted by Crippen LogP contribution is -2.39. The second-order valence-electron chi connectivity index (χ2n) is 4.32. The van der Waals surface area contributed by atoms with Crippen molar-refractivity contribution in [3.8, 4) is 0 Å². The number of rotatable bonds is 3. The van der Waals surface area contributed by atoms with Crippen LogP contribution in [0.15, 0.2) is 18.2 Å². The average Bonchev–Trinajstić information content (AvgIpc) is 2.65. The number of likely N-dealkylation sites (N-methyl/N-ethyl adjacent to an activating group) is 1. The number of hydrogen-bond donors (Lipinski definition) is 1. The third kappa shape index (κ3) is 1.71. The normalized spacial score (nSPS) is 18.7. The van der Waals surface area contributed by atoms with Gasteiger partial charge in [0.2, 0.25) is 0 Å². The Balaban J connectivity index is 2.30. The molecule has 2 rings (SSSR count). The molecule has 1 aliphatic heterocycles. The highest BCUT2D eigenvalue weighted by atomic mass is 16.1. The van der Waals surface area contributed by atoms with Gasteiger partial charge < -0.3 is 10.6 Å². The Bertz CT molecular complexity index is 414. The number of hydrogen-bond acceptors (Lipinski definition) is 3. The first-order chi connectivity index (χ1) is 7.67. The van der Waals surface area contributed by atoms with E-state index in [0.717, 1.165) is 12.8 Å². The summed E-state index contributed by atoms with van der Waals surface area (Å²) in [5, 5.41) is 0. The van der Waals surface area contributed by atoms with E-state index in [4.69, 9.17) is 5.73 Å². The molecule has 3 nitrogen and oxygen atoms in total. The number of anilines is 1. The fourth-order valence-electron chi connectivity index (χ4n) is 2.35. The molecule has 1 aromatic carbocycles. The highest BCUT2D eigenvalue weighted by Gasteiger charge is 2.30. The van der Waals surface area contributed by atoms with Gasteiger partial charge >= 0.3 is 0 Å². The van der Waals surface area contributed by atoms with Crippen molar-refractivity contribution < 1.29 is 4.79 Å². The van der Waals surface area contributed by atoms with E-state index in [1.165, 1.54) is 16.8 Å². The zero-order chi connectivity index (χ0) is 11.7. The fraction of sp³-hybridized carbons (Fsp3) is 0.462. The van der Waals surface area contributed by atoms with Crippen LogP contribution < -0.4 is 10.6 Å². The van der Waals surface area contributed by atoms with Crippen molar-refractivity contribution in [2.75, 3.05) is 18.5 Å². The zero-order valence-electron chi connectivity index (χ0n) is 9.86. The standard InChI is InChI=1S/C13H18N2O/c1-3-9-4-5-11-10(6-9)7-12(15(11)2)13(16)8-14/h4-6,12H,3,7-8,14H2,1-2H3. The van der Waals surface area contributed by atoms with Crippen LogP contribution in [-0.4, -0.2) is 25.4 Å². The number of fused-ring (bicyclic) bond motifs is 1. The Kier molecular flexibility index (Phi) is 2.97. The smallest absolute Gasteiger partial charge is 0.169 e. The molecule has 1 aromatic rings. The zero-order valence-corrected chi connectivity index (χ0v) is 9.86. The van der Waals surface area contributed by atoms with E-state index in [9.17, 15) is 4.79 Å². The van der Waals surface area contributed by atoms with Crippen LogP contribution >= 0.6 is 0 Å². The monoisotopic (exact) mass is 218 g/mol. The second kappa shape index (κ2) is 4.26. The minimum atomic E-state index is -0.0629. The summed E-state index contributed by atoms with van der Waals surface area (Å²) in [7, 11) is 1.97. The van der Waals surface area contributed by atoms with Gasteiger partial charge in [-0.3, -0.25) is 4.79 Å². The van der Waals surface area contributed by atoms with Crippen LogP contribution in [0, 0.1) is 0 Å². The highest BCUT2D eigenvalue weighted by molar-refractivity contribution is 5.91. The molecule has 0 fully saturated rings. The molecule has 3 heteroatoms. The van der Waals surface area contributed by atoms with E-state index in [2.05, 4.69) is 25.1 Å². The number of carbonyl (C=O) groups is 1.